The zero-order chi connectivity index (χ0) is 15.7. The van der Waals surface area contributed by atoms with Gasteiger partial charge in [-0.1, -0.05) is 11.6 Å². The second kappa shape index (κ2) is 5.61. The molecule has 8 heteroatoms. The van der Waals surface area contributed by atoms with Gasteiger partial charge in [0.1, 0.15) is 11.0 Å². The van der Waals surface area contributed by atoms with Crippen LogP contribution in [0, 0.1) is 30.9 Å². The number of pyridine rings is 1. The number of nitrogens with zero attached hydrogens (tertiary/aromatic N) is 4. The molecule has 0 aliphatic carbocycles. The highest BCUT2D eigenvalue weighted by Crippen LogP contribution is 2.24. The normalized spacial score (nSPS) is 10.7. The first kappa shape index (κ1) is 15.1. The van der Waals surface area contributed by atoms with Gasteiger partial charge in [0.2, 0.25) is 0 Å². The number of halogens is 1. The van der Waals surface area contributed by atoms with E-state index in [2.05, 4.69) is 9.97 Å². The monoisotopic (exact) mass is 308 g/mol. The summed E-state index contributed by atoms with van der Waals surface area (Å²) >= 11 is 5.71. The van der Waals surface area contributed by atoms with Crippen LogP contribution in [0.5, 0.6) is 0 Å². The van der Waals surface area contributed by atoms with Gasteiger partial charge in [-0.25, -0.2) is 4.98 Å². The average molecular weight is 309 g/mol. The molecule has 110 valence electrons. The molecule has 2 aromatic rings. The van der Waals surface area contributed by atoms with E-state index in [1.54, 1.807) is 20.8 Å². The first-order valence-electron chi connectivity index (χ1n) is 6.14. The molecule has 0 atom stereocenters. The van der Waals surface area contributed by atoms with Crippen LogP contribution in [0.2, 0.25) is 5.15 Å². The lowest BCUT2D eigenvalue weighted by molar-refractivity contribution is -0.386. The molecule has 0 aliphatic heterocycles. The number of rotatable bonds is 3. The van der Waals surface area contributed by atoms with Gasteiger partial charge in [0.05, 0.1) is 22.7 Å². The lowest BCUT2D eigenvalue weighted by Crippen LogP contribution is -2.24. The van der Waals surface area contributed by atoms with Crippen LogP contribution < -0.4 is 5.56 Å². The number of hydrogen-bond acceptors (Lipinski definition) is 5. The molecule has 0 aromatic carbocycles. The van der Waals surface area contributed by atoms with E-state index in [0.29, 0.717) is 22.6 Å². The Hall–Kier alpha value is -2.28. The van der Waals surface area contributed by atoms with Gasteiger partial charge < -0.3 is 0 Å². The smallest absolute Gasteiger partial charge is 0.278 e. The summed E-state index contributed by atoms with van der Waals surface area (Å²) in [6, 6.07) is 1.20. The van der Waals surface area contributed by atoms with Crippen molar-refractivity contribution >= 4 is 17.3 Å². The van der Waals surface area contributed by atoms with Crippen molar-refractivity contribution in [1.29, 1.82) is 0 Å². The minimum atomic E-state index is -0.439. The molecular weight excluding hydrogens is 296 g/mol. The molecule has 0 saturated heterocycles. The van der Waals surface area contributed by atoms with Gasteiger partial charge >= 0.3 is 0 Å². The van der Waals surface area contributed by atoms with Crippen LogP contribution in [-0.4, -0.2) is 19.5 Å². The summed E-state index contributed by atoms with van der Waals surface area (Å²) in [6.07, 6.45) is 1.43. The Morgan fingerprint density at radius 1 is 1.38 bits per heavy atom. The van der Waals surface area contributed by atoms with Crippen molar-refractivity contribution in [2.24, 2.45) is 0 Å². The summed E-state index contributed by atoms with van der Waals surface area (Å²) in [5, 5.41) is 11.2. The lowest BCUT2D eigenvalue weighted by Gasteiger charge is -2.11. The Kier molecular flexibility index (Phi) is 4.04. The van der Waals surface area contributed by atoms with E-state index in [0.717, 1.165) is 0 Å². The second-order valence-corrected chi connectivity index (χ2v) is 5.06. The van der Waals surface area contributed by atoms with E-state index in [1.807, 2.05) is 0 Å². The van der Waals surface area contributed by atoms with E-state index in [9.17, 15) is 14.9 Å². The topological polar surface area (TPSA) is 90.9 Å². The third-order valence-corrected chi connectivity index (χ3v) is 3.43. The average Bonchev–Trinajstić information content (AvgIpc) is 2.35. The molecule has 0 unspecified atom stereocenters. The summed E-state index contributed by atoms with van der Waals surface area (Å²) in [5.41, 5.74) is 1.09. The van der Waals surface area contributed by atoms with Crippen molar-refractivity contribution in [3.8, 4) is 0 Å². The molecular formula is C13H13ClN4O3. The van der Waals surface area contributed by atoms with Crippen LogP contribution in [0.1, 0.15) is 22.6 Å². The Labute approximate surface area is 125 Å². The predicted octanol–water partition coefficient (Wildman–Crippen LogP) is 2.17. The molecule has 2 rings (SSSR count). The zero-order valence-corrected chi connectivity index (χ0v) is 12.5. The van der Waals surface area contributed by atoms with E-state index in [4.69, 9.17) is 11.6 Å². The van der Waals surface area contributed by atoms with Gasteiger partial charge in [-0.3, -0.25) is 24.5 Å². The molecule has 0 spiro atoms. The SMILES string of the molecule is Cc1cnc(Cn2c(C)nc(Cl)cc2=O)c(C)c1[N+](=O)[O-]. The number of aromatic nitrogens is 3. The first-order chi connectivity index (χ1) is 9.81. The fourth-order valence-corrected chi connectivity index (χ4v) is 2.35. The molecule has 0 fully saturated rings. The first-order valence-corrected chi connectivity index (χ1v) is 6.52. The van der Waals surface area contributed by atoms with Crippen LogP contribution >= 0.6 is 11.6 Å². The van der Waals surface area contributed by atoms with Crippen LogP contribution in [0.4, 0.5) is 5.69 Å². The zero-order valence-electron chi connectivity index (χ0n) is 11.8. The second-order valence-electron chi connectivity index (χ2n) is 4.67. The van der Waals surface area contributed by atoms with Crippen molar-refractivity contribution in [3.63, 3.8) is 0 Å². The standard InChI is InChI=1S/C13H13ClN4O3/c1-7-5-15-10(8(2)13(7)18(20)21)6-17-9(3)16-11(14)4-12(17)19/h4-5H,6H2,1-3H3. The number of hydrogen-bond donors (Lipinski definition) is 0. The maximum absolute atomic E-state index is 11.9. The maximum Gasteiger partial charge on any atom is 0.278 e. The van der Waals surface area contributed by atoms with Gasteiger partial charge in [-0.15, -0.1) is 0 Å². The quantitative estimate of drug-likeness (QED) is 0.492. The summed E-state index contributed by atoms with van der Waals surface area (Å²) < 4.78 is 1.38. The van der Waals surface area contributed by atoms with E-state index in [1.165, 1.54) is 16.8 Å². The van der Waals surface area contributed by atoms with E-state index >= 15 is 0 Å². The molecule has 0 saturated carbocycles. The van der Waals surface area contributed by atoms with Gasteiger partial charge in [0, 0.05) is 17.8 Å². The molecule has 0 radical (unpaired) electrons. The van der Waals surface area contributed by atoms with E-state index < -0.39 is 4.92 Å². The predicted molar refractivity (Wildman–Crippen MR) is 77.7 cm³/mol. The van der Waals surface area contributed by atoms with Crippen molar-refractivity contribution in [1.82, 2.24) is 14.5 Å². The molecule has 7 nitrogen and oxygen atoms in total. The third kappa shape index (κ3) is 2.92. The highest BCUT2D eigenvalue weighted by Gasteiger charge is 2.19. The van der Waals surface area contributed by atoms with Gasteiger partial charge in [0.15, 0.2) is 0 Å². The molecule has 0 amide bonds. The molecule has 21 heavy (non-hydrogen) atoms. The minimum absolute atomic E-state index is 0.0209. The van der Waals surface area contributed by atoms with Crippen molar-refractivity contribution in [2.45, 2.75) is 27.3 Å². The largest absolute Gasteiger partial charge is 0.291 e. The van der Waals surface area contributed by atoms with Crippen molar-refractivity contribution in [2.75, 3.05) is 0 Å². The minimum Gasteiger partial charge on any atom is -0.291 e. The summed E-state index contributed by atoms with van der Waals surface area (Å²) in [7, 11) is 0. The Bertz CT molecular complexity index is 786. The molecule has 0 aliphatic rings. The fourth-order valence-electron chi connectivity index (χ4n) is 2.13. The maximum atomic E-state index is 11.9. The van der Waals surface area contributed by atoms with E-state index in [-0.39, 0.29) is 22.9 Å². The van der Waals surface area contributed by atoms with Crippen molar-refractivity contribution < 1.29 is 4.92 Å². The number of aryl methyl sites for hydroxylation is 2. The van der Waals surface area contributed by atoms with Gasteiger partial charge in [0.25, 0.3) is 11.2 Å². The summed E-state index contributed by atoms with van der Waals surface area (Å²) in [6.45, 7) is 5.01. The molecule has 2 heterocycles. The van der Waals surface area contributed by atoms with Crippen LogP contribution in [0.3, 0.4) is 0 Å². The summed E-state index contributed by atoms with van der Waals surface area (Å²) in [4.78, 5) is 30.8. The molecule has 2 aromatic heterocycles. The van der Waals surface area contributed by atoms with Crippen LogP contribution in [-0.2, 0) is 6.54 Å². The molecule has 0 N–H and O–H groups in total. The van der Waals surface area contributed by atoms with Crippen molar-refractivity contribution in [3.05, 3.63) is 60.5 Å². The Morgan fingerprint density at radius 3 is 2.62 bits per heavy atom. The Balaban J connectivity index is 2.54. The highest BCUT2D eigenvalue weighted by molar-refractivity contribution is 6.29. The fraction of sp³-hybridized carbons (Fsp3) is 0.308. The summed E-state index contributed by atoms with van der Waals surface area (Å²) in [5.74, 6) is 0.428. The Morgan fingerprint density at radius 2 is 2.05 bits per heavy atom. The number of nitro groups is 1. The third-order valence-electron chi connectivity index (χ3n) is 3.23. The highest BCUT2D eigenvalue weighted by atomic mass is 35.5. The molecule has 0 bridgehead atoms. The lowest BCUT2D eigenvalue weighted by atomic mass is 10.1. The van der Waals surface area contributed by atoms with Crippen LogP contribution in [0.15, 0.2) is 17.1 Å². The van der Waals surface area contributed by atoms with Gasteiger partial charge in [-0.05, 0) is 20.8 Å². The van der Waals surface area contributed by atoms with Crippen LogP contribution in [0.25, 0.3) is 0 Å². The van der Waals surface area contributed by atoms with Gasteiger partial charge in [-0.2, -0.15) is 0 Å².